The number of nitrogens with one attached hydrogen (secondary N) is 1. The van der Waals surface area contributed by atoms with Crippen LogP contribution in [0.3, 0.4) is 0 Å². The lowest BCUT2D eigenvalue weighted by Crippen LogP contribution is -2.51. The third-order valence-corrected chi connectivity index (χ3v) is 15.1. The number of nitrogens with zero attached hydrogens (tertiary/aromatic N) is 1. The first-order valence-electron chi connectivity index (χ1n) is 30.1. The minimum Gasteiger partial charge on any atom is -0.390 e. The van der Waals surface area contributed by atoms with Crippen molar-refractivity contribution in [2.45, 2.75) is 321 Å². The van der Waals surface area contributed by atoms with Crippen LogP contribution in [-0.4, -0.2) is 84.6 Å². The summed E-state index contributed by atoms with van der Waals surface area (Å²) in [5, 5.41) is 24.8. The fourth-order valence-electron chi connectivity index (χ4n) is 9.32. The van der Waals surface area contributed by atoms with Crippen LogP contribution in [0.5, 0.6) is 0 Å². The molecule has 0 aromatic heterocycles. The number of aliphatic hydroxyl groups is 2. The molecule has 0 heterocycles. The molecule has 4 atom stereocenters. The van der Waals surface area contributed by atoms with E-state index in [0.717, 1.165) is 32.1 Å². The Hall–Kier alpha value is -0.800. The molecule has 10 heteroatoms. The van der Waals surface area contributed by atoms with Gasteiger partial charge in [0.15, 0.2) is 0 Å². The zero-order valence-electron chi connectivity index (χ0n) is 46.7. The summed E-state index contributed by atoms with van der Waals surface area (Å²) < 4.78 is 23.6. The third kappa shape index (κ3) is 51.9. The first-order valence-corrected chi connectivity index (χ1v) is 31.6. The van der Waals surface area contributed by atoms with Crippen LogP contribution < -0.4 is 5.32 Å². The van der Waals surface area contributed by atoms with Crippen LogP contribution in [0.15, 0.2) is 12.2 Å². The van der Waals surface area contributed by atoms with E-state index in [2.05, 4.69) is 31.3 Å². The van der Waals surface area contributed by atoms with E-state index < -0.39 is 32.7 Å². The molecule has 4 N–H and O–H groups in total. The monoisotopic (exact) mass is 1000 g/mol. The number of phosphoric acid groups is 1. The number of carbonyl (C=O) groups excluding carboxylic acids is 1. The highest BCUT2D eigenvalue weighted by atomic mass is 31.2. The quantitative estimate of drug-likeness (QED) is 0.0207. The van der Waals surface area contributed by atoms with Crippen molar-refractivity contribution in [1.29, 1.82) is 0 Å². The number of hydrogen-bond donors (Lipinski definition) is 4. The second-order valence-electron chi connectivity index (χ2n) is 22.2. The van der Waals surface area contributed by atoms with E-state index in [1.165, 1.54) is 238 Å². The zero-order valence-corrected chi connectivity index (χ0v) is 47.6. The molecule has 0 rings (SSSR count). The van der Waals surface area contributed by atoms with E-state index in [0.29, 0.717) is 30.3 Å². The number of carbonyl (C=O) groups is 1. The number of allylic oxidation sites excluding steroid dienone is 2. The van der Waals surface area contributed by atoms with Crippen molar-refractivity contribution in [2.24, 2.45) is 0 Å². The lowest BCUT2D eigenvalue weighted by atomic mass is 10.0. The molecule has 1 amide bonds. The van der Waals surface area contributed by atoms with E-state index in [1.807, 2.05) is 21.1 Å². The van der Waals surface area contributed by atoms with Crippen molar-refractivity contribution >= 4 is 13.7 Å². The molecular weight excluding hydrogens is 880 g/mol. The number of quaternary nitrogens is 1. The summed E-state index contributed by atoms with van der Waals surface area (Å²) in [5.74, 6) is -0.261. The van der Waals surface area contributed by atoms with Gasteiger partial charge in [0.05, 0.1) is 39.9 Å². The zero-order chi connectivity index (χ0) is 50.8. The maximum Gasteiger partial charge on any atom is 0.472 e. The molecule has 0 radical (unpaired) electrons. The molecule has 0 aliphatic carbocycles. The summed E-state index contributed by atoms with van der Waals surface area (Å²) in [4.78, 5) is 23.3. The summed E-state index contributed by atoms with van der Waals surface area (Å²) in [7, 11) is 1.43. The molecule has 0 saturated carbocycles. The summed E-state index contributed by atoms with van der Waals surface area (Å²) >= 11 is 0. The fraction of sp³-hybridized carbons (Fsp3) is 0.949. The maximum atomic E-state index is 13.0. The normalized spacial score (nSPS) is 14.4. The lowest BCUT2D eigenvalue weighted by molar-refractivity contribution is -0.870. The van der Waals surface area contributed by atoms with Crippen molar-refractivity contribution in [3.05, 3.63) is 12.2 Å². The predicted octanol–water partition coefficient (Wildman–Crippen LogP) is 17.2. The van der Waals surface area contributed by atoms with Crippen LogP contribution in [0.25, 0.3) is 0 Å². The Morgan fingerprint density at radius 3 is 1.16 bits per heavy atom. The Morgan fingerprint density at radius 1 is 0.493 bits per heavy atom. The van der Waals surface area contributed by atoms with E-state index in [4.69, 9.17) is 9.05 Å². The number of unbranched alkanes of at least 4 members (excludes halogenated alkanes) is 40. The summed E-state index contributed by atoms with van der Waals surface area (Å²) in [5.41, 5.74) is 0. The van der Waals surface area contributed by atoms with Crippen molar-refractivity contribution in [1.82, 2.24) is 5.32 Å². The minimum absolute atomic E-state index is 0.0195. The molecule has 0 bridgehead atoms. The summed E-state index contributed by atoms with van der Waals surface area (Å²) in [6.45, 7) is 4.62. The standard InChI is InChI=1S/C59H119N2O7P/c1-6-8-10-12-14-16-18-20-21-22-23-24-25-26-27-28-29-30-31-32-33-34-35-36-37-38-39-40-42-44-46-48-50-52-58(63)60-56(55-68-69(65,66)67-54-53-61(3,4)5)59(64)57(62)51-49-47-45-43-41-19-17-15-13-11-9-7-2/h43,45,56-57,59,62,64H,6-42,44,46-55H2,1-5H3,(H-,60,63,65,66)/p+1/b45-43+. The van der Waals surface area contributed by atoms with Crippen LogP contribution in [0.1, 0.15) is 303 Å². The van der Waals surface area contributed by atoms with Gasteiger partial charge in [-0.3, -0.25) is 13.8 Å². The summed E-state index contributed by atoms with van der Waals surface area (Å²) in [6.07, 6.45) is 59.0. The topological polar surface area (TPSA) is 125 Å². The Balaban J connectivity index is 4.01. The Kier molecular flexibility index (Phi) is 50.1. The van der Waals surface area contributed by atoms with Crippen molar-refractivity contribution in [3.63, 3.8) is 0 Å². The first-order chi connectivity index (χ1) is 33.4. The average molecular weight is 1000 g/mol. The highest BCUT2D eigenvalue weighted by Gasteiger charge is 2.32. The second kappa shape index (κ2) is 50.7. The van der Waals surface area contributed by atoms with E-state index in [9.17, 15) is 24.5 Å². The van der Waals surface area contributed by atoms with Gasteiger partial charge >= 0.3 is 7.82 Å². The molecule has 0 aliphatic rings. The summed E-state index contributed by atoms with van der Waals surface area (Å²) in [6, 6.07) is -1.05. The van der Waals surface area contributed by atoms with Gasteiger partial charge in [0.25, 0.3) is 0 Å². The molecule has 0 fully saturated rings. The van der Waals surface area contributed by atoms with Crippen LogP contribution in [0.4, 0.5) is 0 Å². The Bertz CT molecular complexity index is 1150. The fourth-order valence-corrected chi connectivity index (χ4v) is 10.1. The number of hydrogen-bond acceptors (Lipinski definition) is 6. The first kappa shape index (κ1) is 68.2. The Labute approximate surface area is 429 Å². The maximum absolute atomic E-state index is 13.0. The number of amides is 1. The molecule has 0 aromatic rings. The molecule has 0 saturated heterocycles. The van der Waals surface area contributed by atoms with Crippen molar-refractivity contribution < 1.29 is 38.0 Å². The number of rotatable bonds is 56. The van der Waals surface area contributed by atoms with E-state index >= 15 is 0 Å². The predicted molar refractivity (Wildman–Crippen MR) is 297 cm³/mol. The molecule has 0 spiro atoms. The van der Waals surface area contributed by atoms with Gasteiger partial charge in [-0.25, -0.2) is 4.57 Å². The third-order valence-electron chi connectivity index (χ3n) is 14.1. The molecule has 0 aliphatic heterocycles. The van der Waals surface area contributed by atoms with Crippen LogP contribution in [0.2, 0.25) is 0 Å². The highest BCUT2D eigenvalue weighted by molar-refractivity contribution is 7.47. The number of aliphatic hydroxyl groups excluding tert-OH is 2. The Morgan fingerprint density at radius 2 is 0.812 bits per heavy atom. The number of phosphoric ester groups is 1. The van der Waals surface area contributed by atoms with E-state index in [-0.39, 0.29) is 12.5 Å². The molecule has 412 valence electrons. The van der Waals surface area contributed by atoms with Gasteiger partial charge in [0.1, 0.15) is 19.3 Å². The largest absolute Gasteiger partial charge is 0.472 e. The van der Waals surface area contributed by atoms with Gasteiger partial charge in [-0.1, -0.05) is 270 Å². The minimum atomic E-state index is -4.42. The van der Waals surface area contributed by atoms with Gasteiger partial charge in [-0.05, 0) is 38.5 Å². The van der Waals surface area contributed by atoms with Gasteiger partial charge in [-0.2, -0.15) is 0 Å². The van der Waals surface area contributed by atoms with Crippen LogP contribution >= 0.6 is 7.82 Å². The van der Waals surface area contributed by atoms with Gasteiger partial charge in [0, 0.05) is 6.42 Å². The molecule has 9 nitrogen and oxygen atoms in total. The highest BCUT2D eigenvalue weighted by Crippen LogP contribution is 2.43. The van der Waals surface area contributed by atoms with Crippen molar-refractivity contribution in [2.75, 3.05) is 40.9 Å². The van der Waals surface area contributed by atoms with Gasteiger partial charge < -0.3 is 24.9 Å². The average Bonchev–Trinajstić information content (AvgIpc) is 3.31. The van der Waals surface area contributed by atoms with Crippen LogP contribution in [0, 0.1) is 0 Å². The molecule has 69 heavy (non-hydrogen) atoms. The molecule has 4 unspecified atom stereocenters. The molecule has 0 aromatic carbocycles. The number of likely N-dealkylation sites (N-methyl/N-ethyl adjacent to an activating group) is 1. The van der Waals surface area contributed by atoms with E-state index in [1.54, 1.807) is 0 Å². The smallest absolute Gasteiger partial charge is 0.390 e. The lowest BCUT2D eigenvalue weighted by Gasteiger charge is -2.28. The SMILES string of the molecule is CCCCCCCCC/C=C/CCCC(O)C(O)C(COP(=O)(O)OCC[N+](C)(C)C)NC(=O)CCCCCCCCCCCCCCCCCCCCCCCCCCCCCCCCCCC. The van der Waals surface area contributed by atoms with Crippen molar-refractivity contribution in [3.8, 4) is 0 Å². The van der Waals surface area contributed by atoms with Crippen LogP contribution in [-0.2, 0) is 18.4 Å². The molecular formula is C59H120N2O7P+. The van der Waals surface area contributed by atoms with Gasteiger partial charge in [-0.15, -0.1) is 0 Å². The second-order valence-corrected chi connectivity index (χ2v) is 23.7. The van der Waals surface area contributed by atoms with Gasteiger partial charge in [0.2, 0.25) is 5.91 Å².